The fraction of sp³-hybridized carbons (Fsp3) is 0.286. The van der Waals surface area contributed by atoms with Crippen molar-refractivity contribution in [1.29, 1.82) is 0 Å². The van der Waals surface area contributed by atoms with Crippen LogP contribution in [0.15, 0.2) is 36.4 Å². The van der Waals surface area contributed by atoms with Crippen LogP contribution in [0.4, 0.5) is 0 Å². The highest BCUT2D eigenvalue weighted by Crippen LogP contribution is 2.40. The van der Waals surface area contributed by atoms with E-state index in [1.165, 1.54) is 6.92 Å². The first-order valence-electron chi connectivity index (χ1n) is 8.41. The maximum Gasteiger partial charge on any atom is 0.217 e. The van der Waals surface area contributed by atoms with Crippen LogP contribution in [-0.4, -0.2) is 40.9 Å². The van der Waals surface area contributed by atoms with Crippen LogP contribution < -0.4 is 24.3 Å². The van der Waals surface area contributed by atoms with Crippen LogP contribution in [0, 0.1) is 0 Å². The van der Waals surface area contributed by atoms with Gasteiger partial charge in [0.2, 0.25) is 11.7 Å². The molecule has 0 saturated carbocycles. The zero-order valence-electron chi connectivity index (χ0n) is 16.3. The van der Waals surface area contributed by atoms with Crippen molar-refractivity contribution in [2.24, 2.45) is 0 Å². The van der Waals surface area contributed by atoms with Crippen LogP contribution in [0.2, 0.25) is 0 Å². The Kier molecular flexibility index (Phi) is 7.11. The van der Waals surface area contributed by atoms with Crippen LogP contribution in [0.3, 0.4) is 0 Å². The molecule has 0 heterocycles. The Balaban J connectivity index is 2.52. The lowest BCUT2D eigenvalue weighted by Crippen LogP contribution is -2.21. The van der Waals surface area contributed by atoms with Crippen molar-refractivity contribution in [3.8, 4) is 23.0 Å². The lowest BCUT2D eigenvalue weighted by Gasteiger charge is -2.16. The summed E-state index contributed by atoms with van der Waals surface area (Å²) >= 11 is 0. The molecule has 2 aromatic carbocycles. The Hall–Kier alpha value is -3.15. The van der Waals surface area contributed by atoms with Gasteiger partial charge >= 0.3 is 0 Å². The number of nitrogens with one attached hydrogen (secondary N) is 1. The molecule has 0 fully saturated rings. The average Bonchev–Trinajstić information content (AvgIpc) is 2.70. The maximum atomic E-state index is 11.4. The van der Waals surface area contributed by atoms with Crippen molar-refractivity contribution in [3.05, 3.63) is 47.5 Å². The Labute approximate surface area is 159 Å². The highest BCUT2D eigenvalue weighted by Gasteiger charge is 2.15. The number of benzene rings is 2. The van der Waals surface area contributed by atoms with Gasteiger partial charge in [0.05, 0.1) is 28.4 Å². The highest BCUT2D eigenvalue weighted by atomic mass is 16.5. The number of carbonyl (C=O) groups excluding carboxylic acids is 1. The van der Waals surface area contributed by atoms with Gasteiger partial charge in [0, 0.05) is 13.5 Å². The first-order valence-corrected chi connectivity index (χ1v) is 8.41. The van der Waals surface area contributed by atoms with Crippen LogP contribution in [-0.2, 0) is 4.79 Å². The number of ether oxygens (including phenoxy) is 4. The van der Waals surface area contributed by atoms with Crippen LogP contribution in [0.1, 0.15) is 18.1 Å². The van der Waals surface area contributed by atoms with Gasteiger partial charge in [-0.05, 0) is 47.0 Å². The van der Waals surface area contributed by atoms with Gasteiger partial charge in [-0.3, -0.25) is 4.79 Å². The molecule has 0 atom stereocenters. The Morgan fingerprint density at radius 3 is 1.96 bits per heavy atom. The van der Waals surface area contributed by atoms with E-state index >= 15 is 0 Å². The minimum absolute atomic E-state index is 0.108. The van der Waals surface area contributed by atoms with E-state index in [2.05, 4.69) is 5.32 Å². The van der Waals surface area contributed by atoms with Crippen molar-refractivity contribution in [2.75, 3.05) is 35.0 Å². The van der Waals surface area contributed by atoms with Crippen molar-refractivity contribution < 1.29 is 23.7 Å². The maximum absolute atomic E-state index is 11.4. The summed E-state index contributed by atoms with van der Waals surface area (Å²) in [4.78, 5) is 11.4. The summed E-state index contributed by atoms with van der Waals surface area (Å²) in [5, 5.41) is 2.85. The normalized spacial score (nSPS) is 10.9. The molecule has 0 radical (unpaired) electrons. The lowest BCUT2D eigenvalue weighted by atomic mass is 10.0. The molecule has 144 valence electrons. The molecule has 1 N–H and O–H groups in total. The second-order valence-corrected chi connectivity index (χ2v) is 5.77. The van der Waals surface area contributed by atoms with Gasteiger partial charge < -0.3 is 24.3 Å². The summed E-state index contributed by atoms with van der Waals surface area (Å²) in [7, 11) is 6.33. The molecule has 0 spiro atoms. The number of methoxy groups -OCH3 is 4. The first-order chi connectivity index (χ1) is 13.0. The van der Waals surface area contributed by atoms with Crippen molar-refractivity contribution in [2.45, 2.75) is 6.92 Å². The SMILES string of the molecule is COc1ccc(/C=C(/CNC(C)=O)c2cc(OC)c(OC)c(OC)c2)cc1. The van der Waals surface area contributed by atoms with Gasteiger partial charge in [0.25, 0.3) is 0 Å². The van der Waals surface area contributed by atoms with Gasteiger partial charge in [-0.15, -0.1) is 0 Å². The van der Waals surface area contributed by atoms with E-state index in [9.17, 15) is 4.79 Å². The molecular weight excluding hydrogens is 346 g/mol. The van der Waals surface area contributed by atoms with Crippen LogP contribution in [0.25, 0.3) is 11.6 Å². The number of hydrogen-bond acceptors (Lipinski definition) is 5. The average molecular weight is 371 g/mol. The summed E-state index contributed by atoms with van der Waals surface area (Å²) in [5.74, 6) is 2.30. The van der Waals surface area contributed by atoms with E-state index in [1.807, 2.05) is 42.5 Å². The zero-order chi connectivity index (χ0) is 19.8. The Morgan fingerprint density at radius 2 is 1.52 bits per heavy atom. The minimum Gasteiger partial charge on any atom is -0.497 e. The molecule has 0 unspecified atom stereocenters. The summed E-state index contributed by atoms with van der Waals surface area (Å²) in [6.45, 7) is 1.85. The summed E-state index contributed by atoms with van der Waals surface area (Å²) < 4.78 is 21.5. The topological polar surface area (TPSA) is 66.0 Å². The third-order valence-corrected chi connectivity index (χ3v) is 4.02. The predicted octanol–water partition coefficient (Wildman–Crippen LogP) is 3.40. The van der Waals surface area contributed by atoms with E-state index in [0.29, 0.717) is 23.8 Å². The van der Waals surface area contributed by atoms with Gasteiger partial charge in [-0.25, -0.2) is 0 Å². The van der Waals surface area contributed by atoms with E-state index < -0.39 is 0 Å². The van der Waals surface area contributed by atoms with Gasteiger partial charge in [-0.1, -0.05) is 12.1 Å². The molecule has 0 bridgehead atoms. The molecule has 2 aromatic rings. The predicted molar refractivity (Wildman–Crippen MR) is 106 cm³/mol. The summed E-state index contributed by atoms with van der Waals surface area (Å²) in [5.41, 5.74) is 2.73. The highest BCUT2D eigenvalue weighted by molar-refractivity contribution is 5.86. The molecule has 1 amide bonds. The van der Waals surface area contributed by atoms with Crippen LogP contribution >= 0.6 is 0 Å². The van der Waals surface area contributed by atoms with Gasteiger partial charge in [-0.2, -0.15) is 0 Å². The molecular formula is C21H25NO5. The number of carbonyl (C=O) groups is 1. The summed E-state index contributed by atoms with van der Waals surface area (Å²) in [6.07, 6.45) is 2.00. The molecule has 0 aromatic heterocycles. The monoisotopic (exact) mass is 371 g/mol. The molecule has 0 aliphatic heterocycles. The molecule has 0 aliphatic carbocycles. The number of rotatable bonds is 8. The van der Waals surface area contributed by atoms with E-state index in [4.69, 9.17) is 18.9 Å². The lowest BCUT2D eigenvalue weighted by molar-refractivity contribution is -0.118. The second kappa shape index (κ2) is 9.52. The van der Waals surface area contributed by atoms with Crippen molar-refractivity contribution in [1.82, 2.24) is 5.32 Å². The quantitative estimate of drug-likeness (QED) is 0.721. The van der Waals surface area contributed by atoms with Gasteiger partial charge in [0.15, 0.2) is 11.5 Å². The van der Waals surface area contributed by atoms with Crippen LogP contribution in [0.5, 0.6) is 23.0 Å². The molecule has 27 heavy (non-hydrogen) atoms. The Morgan fingerprint density at radius 1 is 0.926 bits per heavy atom. The standard InChI is InChI=1S/C21H25NO5/c1-14(23)22-13-17(10-15-6-8-18(24-2)9-7-15)16-11-19(25-3)21(27-5)20(12-16)26-4/h6-12H,13H2,1-5H3,(H,22,23)/b17-10-. The largest absolute Gasteiger partial charge is 0.497 e. The third-order valence-electron chi connectivity index (χ3n) is 4.02. The van der Waals surface area contributed by atoms with E-state index in [-0.39, 0.29) is 5.91 Å². The fourth-order valence-corrected chi connectivity index (χ4v) is 2.62. The van der Waals surface area contributed by atoms with E-state index in [1.54, 1.807) is 28.4 Å². The summed E-state index contributed by atoms with van der Waals surface area (Å²) in [6, 6.07) is 11.4. The third kappa shape index (κ3) is 5.17. The van der Waals surface area contributed by atoms with Crippen molar-refractivity contribution in [3.63, 3.8) is 0 Å². The first kappa shape index (κ1) is 20.2. The molecule has 0 saturated heterocycles. The van der Waals surface area contributed by atoms with E-state index in [0.717, 1.165) is 22.4 Å². The minimum atomic E-state index is -0.108. The second-order valence-electron chi connectivity index (χ2n) is 5.77. The number of amides is 1. The molecule has 6 nitrogen and oxygen atoms in total. The molecule has 6 heteroatoms. The fourth-order valence-electron chi connectivity index (χ4n) is 2.62. The van der Waals surface area contributed by atoms with Gasteiger partial charge in [0.1, 0.15) is 5.75 Å². The number of hydrogen-bond donors (Lipinski definition) is 1. The smallest absolute Gasteiger partial charge is 0.217 e. The Bertz CT molecular complexity index is 787. The van der Waals surface area contributed by atoms with Crippen molar-refractivity contribution >= 4 is 17.6 Å². The molecule has 0 aliphatic rings. The zero-order valence-corrected chi connectivity index (χ0v) is 16.3. The molecule has 2 rings (SSSR count).